The van der Waals surface area contributed by atoms with Gasteiger partial charge in [0.05, 0.1) is 12.2 Å². The third-order valence-corrected chi connectivity index (χ3v) is 5.19. The number of likely N-dealkylation sites (N-methyl/N-ethyl adjacent to an activating group) is 1. The lowest BCUT2D eigenvalue weighted by Crippen LogP contribution is -2.39. The van der Waals surface area contributed by atoms with Gasteiger partial charge in [-0.05, 0) is 18.6 Å². The number of aromatic nitrogens is 2. The summed E-state index contributed by atoms with van der Waals surface area (Å²) in [5, 5.41) is 2.74. The number of anilines is 3. The molecule has 33 heavy (non-hydrogen) atoms. The Morgan fingerprint density at radius 3 is 2.42 bits per heavy atom. The fraction of sp³-hybridized carbons (Fsp3) is 0.250. The lowest BCUT2D eigenvalue weighted by molar-refractivity contribution is -0.114. The van der Waals surface area contributed by atoms with E-state index in [-0.39, 0.29) is 23.8 Å². The number of hydrogen-bond acceptors (Lipinski definition) is 6. The number of nitrogens with two attached hydrogens (primary N) is 1. The highest BCUT2D eigenvalue weighted by Gasteiger charge is 2.20. The SMILES string of the molecule is CCCCn1c(N)c(N(C)CC(=O)Nc2ccccc2C(=O)c2ccccc2)c(=O)[nH]c1=O. The number of nitrogens with one attached hydrogen (secondary N) is 2. The van der Waals surface area contributed by atoms with Crippen molar-refractivity contribution in [2.75, 3.05) is 29.5 Å². The molecule has 3 rings (SSSR count). The average molecular weight is 450 g/mol. The summed E-state index contributed by atoms with van der Waals surface area (Å²) < 4.78 is 1.29. The molecule has 0 aliphatic heterocycles. The van der Waals surface area contributed by atoms with E-state index < -0.39 is 17.2 Å². The highest BCUT2D eigenvalue weighted by molar-refractivity contribution is 6.14. The maximum absolute atomic E-state index is 12.9. The van der Waals surface area contributed by atoms with Crippen LogP contribution in [0.5, 0.6) is 0 Å². The Bertz CT molecular complexity index is 1260. The monoisotopic (exact) mass is 449 g/mol. The highest BCUT2D eigenvalue weighted by atomic mass is 16.2. The van der Waals surface area contributed by atoms with Crippen molar-refractivity contribution in [1.82, 2.24) is 9.55 Å². The molecule has 0 saturated carbocycles. The Hall–Kier alpha value is -4.14. The third-order valence-electron chi connectivity index (χ3n) is 5.19. The second-order valence-electron chi connectivity index (χ2n) is 7.64. The van der Waals surface area contributed by atoms with Crippen LogP contribution in [0.1, 0.15) is 35.7 Å². The first-order valence-corrected chi connectivity index (χ1v) is 10.7. The molecule has 0 spiro atoms. The van der Waals surface area contributed by atoms with Gasteiger partial charge in [-0.1, -0.05) is 55.8 Å². The van der Waals surface area contributed by atoms with Gasteiger partial charge in [-0.25, -0.2) is 4.79 Å². The first kappa shape index (κ1) is 23.5. The van der Waals surface area contributed by atoms with Crippen LogP contribution in [-0.2, 0) is 11.3 Å². The average Bonchev–Trinajstić information content (AvgIpc) is 2.79. The molecule has 2 aromatic carbocycles. The van der Waals surface area contributed by atoms with E-state index in [1.165, 1.54) is 16.5 Å². The van der Waals surface area contributed by atoms with Gasteiger partial charge in [0.2, 0.25) is 5.91 Å². The predicted octanol–water partition coefficient (Wildman–Crippen LogP) is 2.22. The molecular weight excluding hydrogens is 422 g/mol. The minimum Gasteiger partial charge on any atom is -0.383 e. The highest BCUT2D eigenvalue weighted by Crippen LogP contribution is 2.20. The molecule has 0 aliphatic rings. The molecule has 4 N–H and O–H groups in total. The van der Waals surface area contributed by atoms with Gasteiger partial charge in [-0.3, -0.25) is 23.9 Å². The summed E-state index contributed by atoms with van der Waals surface area (Å²) in [7, 11) is 1.54. The molecular formula is C24H27N5O4. The van der Waals surface area contributed by atoms with Crippen molar-refractivity contribution < 1.29 is 9.59 Å². The Labute approximate surface area is 190 Å². The first-order valence-electron chi connectivity index (χ1n) is 10.7. The Morgan fingerprint density at radius 1 is 1.06 bits per heavy atom. The van der Waals surface area contributed by atoms with Crippen LogP contribution in [0.3, 0.4) is 0 Å². The van der Waals surface area contributed by atoms with Gasteiger partial charge in [-0.2, -0.15) is 0 Å². The van der Waals surface area contributed by atoms with Crippen LogP contribution in [0.25, 0.3) is 0 Å². The zero-order chi connectivity index (χ0) is 24.0. The van der Waals surface area contributed by atoms with Crippen LogP contribution in [-0.4, -0.2) is 34.8 Å². The van der Waals surface area contributed by atoms with Crippen molar-refractivity contribution in [3.8, 4) is 0 Å². The summed E-state index contributed by atoms with van der Waals surface area (Å²) in [6, 6.07) is 15.5. The number of aromatic amines is 1. The molecule has 0 atom stereocenters. The van der Waals surface area contributed by atoms with Gasteiger partial charge in [-0.15, -0.1) is 0 Å². The van der Waals surface area contributed by atoms with Crippen LogP contribution in [0.2, 0.25) is 0 Å². The number of nitrogens with zero attached hydrogens (tertiary/aromatic N) is 2. The number of para-hydroxylation sites is 1. The lowest BCUT2D eigenvalue weighted by atomic mass is 10.0. The van der Waals surface area contributed by atoms with Crippen LogP contribution < -0.4 is 27.2 Å². The fourth-order valence-electron chi connectivity index (χ4n) is 3.50. The lowest BCUT2D eigenvalue weighted by Gasteiger charge is -2.21. The molecule has 9 heteroatoms. The fourth-order valence-corrected chi connectivity index (χ4v) is 3.50. The summed E-state index contributed by atoms with van der Waals surface area (Å²) in [4.78, 5) is 53.8. The van der Waals surface area contributed by atoms with Crippen LogP contribution in [0, 0.1) is 0 Å². The molecule has 172 valence electrons. The number of H-pyrrole nitrogens is 1. The van der Waals surface area contributed by atoms with E-state index in [2.05, 4.69) is 10.3 Å². The standard InChI is InChI=1S/C24H27N5O4/c1-3-4-14-29-22(25)20(23(32)27-24(29)33)28(2)15-19(30)26-18-13-9-8-12-17(18)21(31)16-10-6-5-7-11-16/h5-13H,3-4,14-15,25H2,1-2H3,(H,26,30)(H,27,32,33). The second kappa shape index (κ2) is 10.4. The maximum atomic E-state index is 12.9. The summed E-state index contributed by atoms with van der Waals surface area (Å²) in [5.41, 5.74) is 6.11. The van der Waals surface area contributed by atoms with Gasteiger partial charge in [0, 0.05) is 24.7 Å². The van der Waals surface area contributed by atoms with E-state index in [0.717, 1.165) is 6.42 Å². The van der Waals surface area contributed by atoms with Crippen molar-refractivity contribution in [2.24, 2.45) is 0 Å². The van der Waals surface area contributed by atoms with Crippen molar-refractivity contribution >= 4 is 28.9 Å². The molecule has 0 fully saturated rings. The molecule has 0 bridgehead atoms. The number of carbonyl (C=O) groups excluding carboxylic acids is 2. The summed E-state index contributed by atoms with van der Waals surface area (Å²) >= 11 is 0. The van der Waals surface area contributed by atoms with Gasteiger partial charge >= 0.3 is 5.69 Å². The minimum absolute atomic E-state index is 0.00663. The summed E-state index contributed by atoms with van der Waals surface area (Å²) in [6.07, 6.45) is 1.56. The number of unbranched alkanes of at least 4 members (excludes halogenated alkanes) is 1. The number of benzene rings is 2. The maximum Gasteiger partial charge on any atom is 0.330 e. The summed E-state index contributed by atoms with van der Waals surface area (Å²) in [5.74, 6) is -0.661. The van der Waals surface area contributed by atoms with Crippen molar-refractivity contribution in [2.45, 2.75) is 26.3 Å². The number of hydrogen-bond donors (Lipinski definition) is 3. The van der Waals surface area contributed by atoms with E-state index in [4.69, 9.17) is 5.73 Å². The molecule has 0 saturated heterocycles. The Kier molecular flexibility index (Phi) is 7.45. The van der Waals surface area contributed by atoms with Crippen LogP contribution in [0.4, 0.5) is 17.2 Å². The zero-order valence-electron chi connectivity index (χ0n) is 18.6. The van der Waals surface area contributed by atoms with Gasteiger partial charge < -0.3 is 16.0 Å². The number of amides is 1. The molecule has 9 nitrogen and oxygen atoms in total. The van der Waals surface area contributed by atoms with E-state index in [9.17, 15) is 19.2 Å². The van der Waals surface area contributed by atoms with Crippen molar-refractivity contribution in [1.29, 1.82) is 0 Å². The van der Waals surface area contributed by atoms with Gasteiger partial charge in [0.25, 0.3) is 5.56 Å². The molecule has 1 amide bonds. The zero-order valence-corrected chi connectivity index (χ0v) is 18.6. The van der Waals surface area contributed by atoms with Crippen molar-refractivity contribution in [3.05, 3.63) is 86.6 Å². The second-order valence-corrected chi connectivity index (χ2v) is 7.64. The van der Waals surface area contributed by atoms with Crippen LogP contribution in [0.15, 0.2) is 64.2 Å². The van der Waals surface area contributed by atoms with E-state index in [1.807, 2.05) is 13.0 Å². The normalized spacial score (nSPS) is 10.6. The van der Waals surface area contributed by atoms with Gasteiger partial charge in [0.15, 0.2) is 5.78 Å². The van der Waals surface area contributed by atoms with Crippen LogP contribution >= 0.6 is 0 Å². The Morgan fingerprint density at radius 2 is 1.73 bits per heavy atom. The van der Waals surface area contributed by atoms with Crippen molar-refractivity contribution in [3.63, 3.8) is 0 Å². The van der Waals surface area contributed by atoms with Gasteiger partial charge in [0.1, 0.15) is 11.5 Å². The number of rotatable bonds is 9. The van der Waals surface area contributed by atoms with E-state index in [1.54, 1.807) is 48.5 Å². The molecule has 1 aromatic heterocycles. The van der Waals surface area contributed by atoms with E-state index in [0.29, 0.717) is 29.8 Å². The Balaban J connectivity index is 1.81. The molecule has 0 aliphatic carbocycles. The number of nitrogen functional groups attached to an aromatic ring is 1. The molecule has 0 unspecified atom stereocenters. The smallest absolute Gasteiger partial charge is 0.330 e. The summed E-state index contributed by atoms with van der Waals surface area (Å²) in [6.45, 7) is 2.12. The molecule has 3 aromatic rings. The number of ketones is 1. The molecule has 1 heterocycles. The number of carbonyl (C=O) groups is 2. The first-order chi connectivity index (χ1) is 15.8. The van der Waals surface area contributed by atoms with E-state index >= 15 is 0 Å². The molecule has 0 radical (unpaired) electrons. The predicted molar refractivity (Wildman–Crippen MR) is 129 cm³/mol. The third kappa shape index (κ3) is 5.38. The largest absolute Gasteiger partial charge is 0.383 e. The minimum atomic E-state index is -0.666. The quantitative estimate of drug-likeness (QED) is 0.430. The topological polar surface area (TPSA) is 130 Å².